The lowest BCUT2D eigenvalue weighted by Gasteiger charge is -2.14. The summed E-state index contributed by atoms with van der Waals surface area (Å²) in [5, 5.41) is 1.28. The second kappa shape index (κ2) is 17.4. The Bertz CT molecular complexity index is 2330. The van der Waals surface area contributed by atoms with Gasteiger partial charge in [0.2, 0.25) is 0 Å². The van der Waals surface area contributed by atoms with E-state index in [0.29, 0.717) is 0 Å². The summed E-state index contributed by atoms with van der Waals surface area (Å²) in [4.78, 5) is 0. The van der Waals surface area contributed by atoms with Crippen LogP contribution in [0.5, 0.6) is 0 Å². The quantitative estimate of drug-likeness (QED) is 0.120. The number of benzene rings is 4. The fraction of sp³-hybridized carbons (Fsp3) is 0.137. The highest BCUT2D eigenvalue weighted by molar-refractivity contribution is 5.90. The van der Waals surface area contributed by atoms with Gasteiger partial charge >= 0.3 is 0 Å². The molecule has 0 spiro atoms. The molecule has 2 nitrogen and oxygen atoms in total. The van der Waals surface area contributed by atoms with E-state index < -0.39 is 0 Å². The molecule has 264 valence electrons. The third-order valence-electron chi connectivity index (χ3n) is 9.98. The Balaban J connectivity index is 0.000000902. The predicted molar refractivity (Wildman–Crippen MR) is 231 cm³/mol. The zero-order valence-corrected chi connectivity index (χ0v) is 31.4. The number of rotatable bonds is 11. The maximum absolute atomic E-state index is 3.88. The number of fused-ring (bicyclic) bond motifs is 2. The summed E-state index contributed by atoms with van der Waals surface area (Å²) in [6.07, 6.45) is 26.2. The van der Waals surface area contributed by atoms with E-state index in [1.165, 1.54) is 78.3 Å². The lowest BCUT2D eigenvalue weighted by atomic mass is 10.00. The number of para-hydroxylation sites is 1. The minimum atomic E-state index is 0.904. The molecule has 4 aromatic carbocycles. The SMILES string of the molecule is C=C/C=C\C.C=C/C=C\c1c(C)c2c(n1-c1ccc(Cc3ccc(Cc4ccc(-n5c(/C=C\C=C)c(C)c6ccccc65)cc4)cc3)cc1)C=CCC2. The number of hydrogen-bond donors (Lipinski definition) is 0. The molecule has 0 unspecified atom stereocenters. The van der Waals surface area contributed by atoms with Crippen LogP contribution in [0.3, 0.4) is 0 Å². The molecular formula is C51H50N2. The summed E-state index contributed by atoms with van der Waals surface area (Å²) >= 11 is 0. The van der Waals surface area contributed by atoms with Gasteiger partial charge in [0.1, 0.15) is 0 Å². The standard InChI is InChI=1S/C46H42N2.C5H8/c1-5-7-15-43-33(3)41-13-9-11-17-45(41)47(43)39-27-23-37(24-28-39)31-35-19-21-36(22-20-35)32-38-25-29-40(30-26-38)48-44(16-8-6-2)34(4)42-14-10-12-18-46(42)48;1-3-5-4-2/h5-9,11-13,15-30H,1-2,10,14,31-32H2,3-4H3;3-5H,1H2,2H3/b15-7-,16-8-;5-4-. The van der Waals surface area contributed by atoms with Crippen molar-refractivity contribution in [2.24, 2.45) is 0 Å². The summed E-state index contributed by atoms with van der Waals surface area (Å²) in [6.45, 7) is 17.6. The molecule has 6 aromatic rings. The molecule has 2 aromatic heterocycles. The molecule has 7 rings (SSSR count). The van der Waals surface area contributed by atoms with Crippen LogP contribution in [0.1, 0.15) is 69.4 Å². The van der Waals surface area contributed by atoms with E-state index >= 15 is 0 Å². The molecule has 0 saturated carbocycles. The van der Waals surface area contributed by atoms with Gasteiger partial charge in [0.05, 0.1) is 5.52 Å². The molecule has 0 saturated heterocycles. The van der Waals surface area contributed by atoms with Gasteiger partial charge in [-0.1, -0.05) is 135 Å². The molecule has 0 radical (unpaired) electrons. The number of hydrogen-bond acceptors (Lipinski definition) is 0. The van der Waals surface area contributed by atoms with Crippen molar-refractivity contribution in [1.29, 1.82) is 0 Å². The minimum Gasteiger partial charge on any atom is -0.310 e. The van der Waals surface area contributed by atoms with Crippen molar-refractivity contribution in [3.05, 3.63) is 221 Å². The Kier molecular flexibility index (Phi) is 12.0. The Labute approximate surface area is 316 Å². The molecule has 2 heterocycles. The van der Waals surface area contributed by atoms with E-state index in [9.17, 15) is 0 Å². The van der Waals surface area contributed by atoms with E-state index in [4.69, 9.17) is 0 Å². The average Bonchev–Trinajstić information content (AvgIpc) is 3.64. The van der Waals surface area contributed by atoms with Crippen LogP contribution in [0.15, 0.2) is 165 Å². The predicted octanol–water partition coefficient (Wildman–Crippen LogP) is 13.3. The van der Waals surface area contributed by atoms with Crippen molar-refractivity contribution >= 4 is 29.1 Å². The van der Waals surface area contributed by atoms with E-state index in [1.807, 2.05) is 43.4 Å². The van der Waals surface area contributed by atoms with Crippen LogP contribution in [0.4, 0.5) is 0 Å². The maximum atomic E-state index is 3.88. The van der Waals surface area contributed by atoms with Crippen molar-refractivity contribution in [1.82, 2.24) is 9.13 Å². The van der Waals surface area contributed by atoms with Gasteiger partial charge in [-0.05, 0) is 134 Å². The first kappa shape index (κ1) is 36.7. The highest BCUT2D eigenvalue weighted by Gasteiger charge is 2.20. The van der Waals surface area contributed by atoms with Crippen molar-refractivity contribution in [2.75, 3.05) is 0 Å². The highest BCUT2D eigenvalue weighted by atomic mass is 15.0. The van der Waals surface area contributed by atoms with E-state index in [1.54, 1.807) is 6.08 Å². The number of allylic oxidation sites excluding steroid dienone is 8. The molecule has 53 heavy (non-hydrogen) atoms. The second-order valence-electron chi connectivity index (χ2n) is 13.5. The van der Waals surface area contributed by atoms with Gasteiger partial charge in [-0.2, -0.15) is 0 Å². The maximum Gasteiger partial charge on any atom is 0.0537 e. The Hall–Kier alpha value is -6.12. The monoisotopic (exact) mass is 690 g/mol. The van der Waals surface area contributed by atoms with Gasteiger partial charge in [-0.15, -0.1) is 0 Å². The third kappa shape index (κ3) is 8.19. The fourth-order valence-electron chi connectivity index (χ4n) is 7.30. The topological polar surface area (TPSA) is 9.86 Å². The first-order valence-corrected chi connectivity index (χ1v) is 18.6. The molecule has 1 aliphatic rings. The smallest absolute Gasteiger partial charge is 0.0537 e. The Morgan fingerprint density at radius 3 is 1.58 bits per heavy atom. The fourth-order valence-corrected chi connectivity index (χ4v) is 7.30. The summed E-state index contributed by atoms with van der Waals surface area (Å²) in [7, 11) is 0. The molecule has 0 fully saturated rings. The van der Waals surface area contributed by atoms with Crippen LogP contribution in [-0.2, 0) is 19.3 Å². The highest BCUT2D eigenvalue weighted by Crippen LogP contribution is 2.33. The van der Waals surface area contributed by atoms with E-state index in [0.717, 1.165) is 25.7 Å². The average molecular weight is 691 g/mol. The van der Waals surface area contributed by atoms with Gasteiger partial charge < -0.3 is 9.13 Å². The van der Waals surface area contributed by atoms with Gasteiger partial charge in [0, 0.05) is 33.8 Å². The normalized spacial score (nSPS) is 12.4. The number of nitrogens with zero attached hydrogens (tertiary/aromatic N) is 2. The van der Waals surface area contributed by atoms with Crippen molar-refractivity contribution in [3.63, 3.8) is 0 Å². The lowest BCUT2D eigenvalue weighted by Crippen LogP contribution is -2.02. The second-order valence-corrected chi connectivity index (χ2v) is 13.5. The molecule has 1 aliphatic carbocycles. The zero-order valence-electron chi connectivity index (χ0n) is 31.4. The minimum absolute atomic E-state index is 0.904. The van der Waals surface area contributed by atoms with E-state index in [2.05, 4.69) is 164 Å². The van der Waals surface area contributed by atoms with Gasteiger partial charge in [-0.3, -0.25) is 0 Å². The van der Waals surface area contributed by atoms with Crippen molar-refractivity contribution in [2.45, 2.75) is 46.5 Å². The van der Waals surface area contributed by atoms with Crippen LogP contribution in [0.2, 0.25) is 0 Å². The van der Waals surface area contributed by atoms with E-state index in [-0.39, 0.29) is 0 Å². The summed E-state index contributed by atoms with van der Waals surface area (Å²) in [5.41, 5.74) is 16.7. The van der Waals surface area contributed by atoms with Crippen LogP contribution in [0, 0.1) is 13.8 Å². The first-order chi connectivity index (χ1) is 26.0. The molecule has 0 aliphatic heterocycles. The Morgan fingerprint density at radius 1 is 0.585 bits per heavy atom. The molecule has 0 amide bonds. The van der Waals surface area contributed by atoms with Gasteiger partial charge in [0.25, 0.3) is 0 Å². The van der Waals surface area contributed by atoms with Crippen LogP contribution >= 0.6 is 0 Å². The number of aryl methyl sites for hydroxylation is 1. The van der Waals surface area contributed by atoms with Crippen molar-refractivity contribution < 1.29 is 0 Å². The first-order valence-electron chi connectivity index (χ1n) is 18.6. The summed E-state index contributed by atoms with van der Waals surface area (Å²) < 4.78 is 4.74. The van der Waals surface area contributed by atoms with Crippen molar-refractivity contribution in [3.8, 4) is 11.4 Å². The molecule has 2 heteroatoms. The molecule has 0 N–H and O–H groups in total. The lowest BCUT2D eigenvalue weighted by molar-refractivity contribution is 0.952. The van der Waals surface area contributed by atoms with Crippen LogP contribution in [-0.4, -0.2) is 9.13 Å². The van der Waals surface area contributed by atoms with Gasteiger partial charge in [-0.25, -0.2) is 0 Å². The molecule has 0 bridgehead atoms. The van der Waals surface area contributed by atoms with Crippen LogP contribution in [0.25, 0.3) is 40.5 Å². The van der Waals surface area contributed by atoms with Crippen LogP contribution < -0.4 is 0 Å². The third-order valence-corrected chi connectivity index (χ3v) is 9.98. The Morgan fingerprint density at radius 2 is 1.08 bits per heavy atom. The zero-order chi connectivity index (χ0) is 37.2. The molecule has 0 atom stereocenters. The summed E-state index contributed by atoms with van der Waals surface area (Å²) in [5.74, 6) is 0. The molecular weight excluding hydrogens is 641 g/mol. The summed E-state index contributed by atoms with van der Waals surface area (Å²) in [6, 6.07) is 35.8. The van der Waals surface area contributed by atoms with Gasteiger partial charge in [0.15, 0.2) is 0 Å². The largest absolute Gasteiger partial charge is 0.310 e. The number of aromatic nitrogens is 2.